The fourth-order valence-corrected chi connectivity index (χ4v) is 1.51. The lowest BCUT2D eigenvalue weighted by molar-refractivity contribution is 0.522. The molecular weight excluding hydrogens is 244 g/mol. The predicted octanol–water partition coefficient (Wildman–Crippen LogP) is -0.418. The first-order valence-corrected chi connectivity index (χ1v) is 6.57. The Balaban J connectivity index is 2.43. The van der Waals surface area contributed by atoms with E-state index >= 15 is 0 Å². The van der Waals surface area contributed by atoms with E-state index in [1.165, 1.54) is 13.4 Å². The van der Waals surface area contributed by atoms with Gasteiger partial charge in [0.05, 0.1) is 12.6 Å². The molecule has 0 saturated carbocycles. The quantitative estimate of drug-likeness (QED) is 0.750. The minimum absolute atomic E-state index is 0.350. The molecule has 0 fully saturated rings. The number of nitrogens with one attached hydrogen (secondary N) is 1. The molecular formula is C8H12N6O2S. The molecule has 9 heteroatoms. The van der Waals surface area contributed by atoms with Crippen LogP contribution in [0.1, 0.15) is 0 Å². The molecule has 8 nitrogen and oxygen atoms in total. The van der Waals surface area contributed by atoms with E-state index in [4.69, 9.17) is 0 Å². The third-order valence-corrected chi connectivity index (χ3v) is 3.34. The highest BCUT2D eigenvalue weighted by Crippen LogP contribution is 2.16. The zero-order chi connectivity index (χ0) is 12.6. The summed E-state index contributed by atoms with van der Waals surface area (Å²) in [7, 11) is -0.143. The van der Waals surface area contributed by atoms with Gasteiger partial charge in [-0.25, -0.2) is 23.4 Å². The van der Waals surface area contributed by atoms with Crippen LogP contribution in [0.15, 0.2) is 12.7 Å². The molecule has 2 aromatic rings. The van der Waals surface area contributed by atoms with Crippen molar-refractivity contribution in [3.05, 3.63) is 12.7 Å². The molecule has 0 amide bonds. The average molecular weight is 256 g/mol. The molecule has 0 aliphatic rings. The number of hydrazine groups is 1. The Morgan fingerprint density at radius 1 is 1.35 bits per heavy atom. The van der Waals surface area contributed by atoms with Crippen LogP contribution in [0, 0.1) is 0 Å². The number of aromatic nitrogens is 4. The topological polar surface area (TPSA) is 93.0 Å². The van der Waals surface area contributed by atoms with Crippen molar-refractivity contribution in [3.8, 4) is 0 Å². The van der Waals surface area contributed by atoms with E-state index < -0.39 is 10.0 Å². The molecule has 0 aliphatic carbocycles. The Morgan fingerprint density at radius 3 is 2.71 bits per heavy atom. The molecule has 0 spiro atoms. The molecule has 0 radical (unpaired) electrons. The minimum atomic E-state index is -3.34. The third kappa shape index (κ3) is 2.19. The molecule has 0 unspecified atom stereocenters. The van der Waals surface area contributed by atoms with Crippen LogP contribution in [0.3, 0.4) is 0 Å². The summed E-state index contributed by atoms with van der Waals surface area (Å²) in [5.41, 5.74) is 3.80. The van der Waals surface area contributed by atoms with Gasteiger partial charge >= 0.3 is 0 Å². The van der Waals surface area contributed by atoms with Crippen molar-refractivity contribution >= 4 is 27.0 Å². The van der Waals surface area contributed by atoms with Gasteiger partial charge in [0.15, 0.2) is 17.0 Å². The third-order valence-electron chi connectivity index (χ3n) is 2.26. The van der Waals surface area contributed by atoms with Gasteiger partial charge in [-0.05, 0) is 0 Å². The molecule has 0 bridgehead atoms. The van der Waals surface area contributed by atoms with Crippen molar-refractivity contribution in [1.29, 1.82) is 0 Å². The fourth-order valence-electron chi connectivity index (χ4n) is 1.26. The lowest BCUT2D eigenvalue weighted by Gasteiger charge is -2.15. The molecule has 17 heavy (non-hydrogen) atoms. The number of fused-ring (bicyclic) bond motifs is 1. The molecule has 2 heterocycles. The van der Waals surface area contributed by atoms with Crippen molar-refractivity contribution in [3.63, 3.8) is 0 Å². The summed E-state index contributed by atoms with van der Waals surface area (Å²) in [5.74, 6) is 0.350. The van der Waals surface area contributed by atoms with E-state index in [0.717, 1.165) is 10.7 Å². The van der Waals surface area contributed by atoms with Crippen LogP contribution in [0.4, 0.5) is 5.82 Å². The van der Waals surface area contributed by atoms with E-state index in [1.54, 1.807) is 17.9 Å². The van der Waals surface area contributed by atoms with E-state index in [9.17, 15) is 8.42 Å². The van der Waals surface area contributed by atoms with Crippen molar-refractivity contribution in [1.82, 2.24) is 23.9 Å². The van der Waals surface area contributed by atoms with E-state index in [2.05, 4.69) is 20.4 Å². The van der Waals surface area contributed by atoms with E-state index in [-0.39, 0.29) is 0 Å². The largest absolute Gasteiger partial charge is 0.318 e. The smallest absolute Gasteiger partial charge is 0.227 e. The average Bonchev–Trinajstić information content (AvgIpc) is 2.60. The van der Waals surface area contributed by atoms with Gasteiger partial charge in [-0.15, -0.1) is 4.41 Å². The minimum Gasteiger partial charge on any atom is -0.318 e. The van der Waals surface area contributed by atoms with E-state index in [1.807, 2.05) is 0 Å². The first kappa shape index (κ1) is 11.7. The van der Waals surface area contributed by atoms with Crippen LogP contribution in [0.5, 0.6) is 0 Å². The molecule has 0 aliphatic heterocycles. The monoisotopic (exact) mass is 256 g/mol. The van der Waals surface area contributed by atoms with Gasteiger partial charge in [0.1, 0.15) is 6.33 Å². The van der Waals surface area contributed by atoms with Crippen LogP contribution in [-0.2, 0) is 17.1 Å². The Labute approximate surface area is 98.3 Å². The Morgan fingerprint density at radius 2 is 2.06 bits per heavy atom. The van der Waals surface area contributed by atoms with Gasteiger partial charge in [-0.2, -0.15) is 0 Å². The van der Waals surface area contributed by atoms with Gasteiger partial charge < -0.3 is 4.57 Å². The summed E-state index contributed by atoms with van der Waals surface area (Å²) in [5, 5.41) is 0. The summed E-state index contributed by atoms with van der Waals surface area (Å²) in [4.78, 5) is 12.1. The Bertz CT molecular complexity index is 649. The molecule has 1 N–H and O–H groups in total. The number of hydrogen-bond donors (Lipinski definition) is 1. The standard InChI is InChI=1S/C8H12N6O2S/c1-13-5-11-6-7(9-4-10-8(6)13)12-14(2)17(3,15)16/h4-5H,1-3H3,(H,9,10,12). The lowest BCUT2D eigenvalue weighted by Crippen LogP contribution is -2.31. The number of sulfonamides is 1. The number of nitrogens with zero attached hydrogens (tertiary/aromatic N) is 5. The van der Waals surface area contributed by atoms with Crippen LogP contribution in [-0.4, -0.2) is 45.7 Å². The molecule has 0 aromatic carbocycles. The number of hydrogen-bond acceptors (Lipinski definition) is 6. The van der Waals surface area contributed by atoms with Gasteiger partial charge in [0.2, 0.25) is 10.0 Å². The highest BCUT2D eigenvalue weighted by atomic mass is 32.2. The highest BCUT2D eigenvalue weighted by molar-refractivity contribution is 7.88. The zero-order valence-corrected chi connectivity index (χ0v) is 10.4. The fraction of sp³-hybridized carbons (Fsp3) is 0.375. The molecule has 92 valence electrons. The number of rotatable bonds is 3. The van der Waals surface area contributed by atoms with Crippen LogP contribution in [0.2, 0.25) is 0 Å². The van der Waals surface area contributed by atoms with Crippen LogP contribution in [0.25, 0.3) is 11.2 Å². The summed E-state index contributed by atoms with van der Waals surface area (Å²) in [6, 6.07) is 0. The second-order valence-electron chi connectivity index (χ2n) is 3.59. The SMILES string of the molecule is CN(Nc1ncnc2c1ncn2C)S(C)(=O)=O. The lowest BCUT2D eigenvalue weighted by atomic mass is 10.5. The summed E-state index contributed by atoms with van der Waals surface area (Å²) >= 11 is 0. The maximum absolute atomic E-state index is 11.3. The second kappa shape index (κ2) is 3.93. The van der Waals surface area contributed by atoms with Crippen LogP contribution < -0.4 is 5.43 Å². The van der Waals surface area contributed by atoms with Gasteiger partial charge in [-0.1, -0.05) is 0 Å². The van der Waals surface area contributed by atoms with Gasteiger partial charge in [0.25, 0.3) is 0 Å². The van der Waals surface area contributed by atoms with Crippen molar-refractivity contribution in [2.45, 2.75) is 0 Å². The van der Waals surface area contributed by atoms with E-state index in [0.29, 0.717) is 17.0 Å². The highest BCUT2D eigenvalue weighted by Gasteiger charge is 2.14. The summed E-state index contributed by atoms with van der Waals surface area (Å²) in [6.45, 7) is 0. The normalized spacial score (nSPS) is 12.2. The maximum Gasteiger partial charge on any atom is 0.227 e. The summed E-state index contributed by atoms with van der Waals surface area (Å²) in [6.07, 6.45) is 4.03. The molecule has 2 aromatic heterocycles. The Kier molecular flexibility index (Phi) is 2.71. The molecule has 0 saturated heterocycles. The number of imidazole rings is 1. The predicted molar refractivity (Wildman–Crippen MR) is 62.5 cm³/mol. The number of anilines is 1. The maximum atomic E-state index is 11.3. The van der Waals surface area contributed by atoms with Gasteiger partial charge in [-0.3, -0.25) is 5.43 Å². The van der Waals surface area contributed by atoms with Crippen LogP contribution >= 0.6 is 0 Å². The number of aryl methyl sites for hydroxylation is 1. The van der Waals surface area contributed by atoms with Crippen molar-refractivity contribution < 1.29 is 8.42 Å². The summed E-state index contributed by atoms with van der Waals surface area (Å²) < 4.78 is 25.2. The van der Waals surface area contributed by atoms with Crippen molar-refractivity contribution in [2.75, 3.05) is 18.7 Å². The second-order valence-corrected chi connectivity index (χ2v) is 5.61. The molecule has 0 atom stereocenters. The zero-order valence-electron chi connectivity index (χ0n) is 9.62. The first-order valence-electron chi connectivity index (χ1n) is 4.72. The Hall–Kier alpha value is -1.74. The first-order chi connectivity index (χ1) is 7.89. The molecule has 2 rings (SSSR count). The van der Waals surface area contributed by atoms with Crippen molar-refractivity contribution in [2.24, 2.45) is 7.05 Å². The van der Waals surface area contributed by atoms with Gasteiger partial charge in [0, 0.05) is 14.1 Å².